The van der Waals surface area contributed by atoms with Gasteiger partial charge in [-0.2, -0.15) is 0 Å². The third-order valence-electron chi connectivity index (χ3n) is 3.17. The molecule has 0 fully saturated rings. The van der Waals surface area contributed by atoms with Gasteiger partial charge in [-0.25, -0.2) is 0 Å². The van der Waals surface area contributed by atoms with Crippen LogP contribution >= 0.6 is 35.7 Å². The molecule has 5 heteroatoms. The normalized spacial score (nSPS) is 29.9. The molecule has 1 aliphatic rings. The van der Waals surface area contributed by atoms with Gasteiger partial charge in [0.05, 0.1) is 0 Å². The average Bonchev–Trinajstić information content (AvgIpc) is 2.66. The second kappa shape index (κ2) is 6.43. The number of aliphatic imine (C=N–C) groups is 1. The van der Waals surface area contributed by atoms with Crippen molar-refractivity contribution in [3.63, 3.8) is 0 Å². The topological polar surface area (TPSA) is 24.4 Å². The summed E-state index contributed by atoms with van der Waals surface area (Å²) in [7, 11) is 1.88. The van der Waals surface area contributed by atoms with Crippen LogP contribution in [-0.2, 0) is 0 Å². The molecule has 1 rings (SSSR count). The summed E-state index contributed by atoms with van der Waals surface area (Å²) in [6.45, 7) is 8.91. The second-order valence-electron chi connectivity index (χ2n) is 4.21. The number of thiocarbonyl (C=S) groups is 1. The van der Waals surface area contributed by atoms with Crippen molar-refractivity contribution in [2.75, 3.05) is 7.05 Å². The monoisotopic (exact) mass is 290 g/mol. The highest BCUT2D eigenvalue weighted by molar-refractivity contribution is 8.23. The zero-order chi connectivity index (χ0) is 13.1. The van der Waals surface area contributed by atoms with Gasteiger partial charge in [-0.1, -0.05) is 37.8 Å². The van der Waals surface area contributed by atoms with Crippen LogP contribution in [0.15, 0.2) is 4.99 Å². The SMILES string of the molecule is CCC1=NC(CC)(C(C)SC(=S)NC)SC1C. The fourth-order valence-corrected chi connectivity index (χ4v) is 5.13. The molecule has 1 aliphatic heterocycles. The molecule has 0 saturated carbocycles. The number of hydrogen-bond donors (Lipinski definition) is 1. The van der Waals surface area contributed by atoms with E-state index in [1.807, 2.05) is 18.8 Å². The lowest BCUT2D eigenvalue weighted by Gasteiger charge is -2.31. The fraction of sp³-hybridized carbons (Fsp3) is 0.833. The van der Waals surface area contributed by atoms with Gasteiger partial charge in [0.2, 0.25) is 0 Å². The maximum atomic E-state index is 5.25. The van der Waals surface area contributed by atoms with Crippen LogP contribution in [0, 0.1) is 0 Å². The predicted octanol–water partition coefficient (Wildman–Crippen LogP) is 3.71. The Balaban J connectivity index is 2.83. The first-order valence-electron chi connectivity index (χ1n) is 6.13. The van der Waals surface area contributed by atoms with Crippen molar-refractivity contribution in [1.82, 2.24) is 5.32 Å². The average molecular weight is 291 g/mol. The lowest BCUT2D eigenvalue weighted by atomic mass is 10.1. The van der Waals surface area contributed by atoms with Gasteiger partial charge in [0, 0.05) is 23.3 Å². The van der Waals surface area contributed by atoms with Crippen molar-refractivity contribution in [1.29, 1.82) is 0 Å². The first-order valence-corrected chi connectivity index (χ1v) is 8.30. The van der Waals surface area contributed by atoms with Crippen LogP contribution in [0.4, 0.5) is 0 Å². The summed E-state index contributed by atoms with van der Waals surface area (Å²) in [6.07, 6.45) is 2.12. The molecule has 1 heterocycles. The standard InChI is InChI=1S/C12H22N2S3/c1-6-10-8(3)17-12(7-2,14-10)9(4)16-11(15)13-5/h8-9H,6-7H2,1-5H3,(H,13,15). The minimum atomic E-state index is 0.0103. The quantitative estimate of drug-likeness (QED) is 0.798. The van der Waals surface area contributed by atoms with Crippen LogP contribution in [0.1, 0.15) is 40.5 Å². The van der Waals surface area contributed by atoms with Gasteiger partial charge in [0.15, 0.2) is 0 Å². The lowest BCUT2D eigenvalue weighted by molar-refractivity contribution is 0.595. The Morgan fingerprint density at radius 2 is 2.29 bits per heavy atom. The minimum absolute atomic E-state index is 0.0103. The maximum absolute atomic E-state index is 5.25. The Bertz CT molecular complexity index is 317. The molecule has 0 spiro atoms. The van der Waals surface area contributed by atoms with Crippen molar-refractivity contribution in [2.45, 2.75) is 55.9 Å². The maximum Gasteiger partial charge on any atom is 0.133 e. The molecule has 2 nitrogen and oxygen atoms in total. The summed E-state index contributed by atoms with van der Waals surface area (Å²) in [5, 5.41) is 3.99. The molecule has 0 aromatic heterocycles. The highest BCUT2D eigenvalue weighted by atomic mass is 32.2. The summed E-state index contributed by atoms with van der Waals surface area (Å²) in [5.74, 6) is 0. The molecule has 3 atom stereocenters. The second-order valence-corrected chi connectivity index (χ2v) is 7.88. The van der Waals surface area contributed by atoms with Gasteiger partial charge in [-0.3, -0.25) is 4.99 Å². The Labute approximate surface area is 119 Å². The molecule has 0 amide bonds. The van der Waals surface area contributed by atoms with E-state index >= 15 is 0 Å². The van der Waals surface area contributed by atoms with Crippen LogP contribution in [0.25, 0.3) is 0 Å². The van der Waals surface area contributed by atoms with E-state index in [9.17, 15) is 0 Å². The van der Waals surface area contributed by atoms with Gasteiger partial charge >= 0.3 is 0 Å². The molecule has 0 aliphatic carbocycles. The largest absolute Gasteiger partial charge is 0.374 e. The molecule has 17 heavy (non-hydrogen) atoms. The summed E-state index contributed by atoms with van der Waals surface area (Å²) >= 11 is 8.97. The number of thioether (sulfide) groups is 2. The van der Waals surface area contributed by atoms with Gasteiger partial charge in [0.25, 0.3) is 0 Å². The van der Waals surface area contributed by atoms with E-state index in [0.717, 1.165) is 17.2 Å². The van der Waals surface area contributed by atoms with Crippen molar-refractivity contribution in [2.24, 2.45) is 4.99 Å². The first kappa shape index (κ1) is 15.3. The highest BCUT2D eigenvalue weighted by Gasteiger charge is 2.42. The molecule has 1 N–H and O–H groups in total. The van der Waals surface area contributed by atoms with Crippen LogP contribution in [0.5, 0.6) is 0 Å². The van der Waals surface area contributed by atoms with Gasteiger partial charge in [-0.05, 0) is 26.7 Å². The third kappa shape index (κ3) is 3.38. The summed E-state index contributed by atoms with van der Waals surface area (Å²) in [6, 6.07) is 0. The molecular weight excluding hydrogens is 268 g/mol. The van der Waals surface area contributed by atoms with E-state index in [2.05, 4.69) is 33.0 Å². The van der Waals surface area contributed by atoms with E-state index in [0.29, 0.717) is 10.5 Å². The van der Waals surface area contributed by atoms with E-state index < -0.39 is 0 Å². The van der Waals surface area contributed by atoms with E-state index in [1.54, 1.807) is 11.8 Å². The predicted molar refractivity (Wildman–Crippen MR) is 86.5 cm³/mol. The zero-order valence-corrected chi connectivity index (χ0v) is 13.7. The lowest BCUT2D eigenvalue weighted by Crippen LogP contribution is -2.33. The van der Waals surface area contributed by atoms with E-state index in [-0.39, 0.29) is 4.87 Å². The number of nitrogens with zero attached hydrogens (tertiary/aromatic N) is 1. The van der Waals surface area contributed by atoms with Crippen molar-refractivity contribution >= 4 is 45.8 Å². The molecular formula is C12H22N2S3. The summed E-state index contributed by atoms with van der Waals surface area (Å²) < 4.78 is 0.860. The summed E-state index contributed by atoms with van der Waals surface area (Å²) in [5.41, 5.74) is 1.35. The van der Waals surface area contributed by atoms with Gasteiger partial charge < -0.3 is 5.32 Å². The van der Waals surface area contributed by atoms with Crippen molar-refractivity contribution < 1.29 is 0 Å². The molecule has 0 radical (unpaired) electrons. The van der Waals surface area contributed by atoms with E-state index in [1.165, 1.54) is 5.71 Å². The molecule has 0 aromatic rings. The number of hydrogen-bond acceptors (Lipinski definition) is 4. The van der Waals surface area contributed by atoms with Gasteiger partial charge in [-0.15, -0.1) is 11.8 Å². The Kier molecular flexibility index (Phi) is 5.80. The van der Waals surface area contributed by atoms with E-state index in [4.69, 9.17) is 17.2 Å². The smallest absolute Gasteiger partial charge is 0.133 e. The number of nitrogens with one attached hydrogen (secondary N) is 1. The molecule has 0 saturated heterocycles. The van der Waals surface area contributed by atoms with Crippen LogP contribution in [-0.4, -0.2) is 32.5 Å². The highest BCUT2D eigenvalue weighted by Crippen LogP contribution is 2.47. The molecule has 0 aromatic carbocycles. The zero-order valence-electron chi connectivity index (χ0n) is 11.2. The Hall–Kier alpha value is 0.260. The van der Waals surface area contributed by atoms with Crippen molar-refractivity contribution in [3.05, 3.63) is 0 Å². The summed E-state index contributed by atoms with van der Waals surface area (Å²) in [4.78, 5) is 5.01. The van der Waals surface area contributed by atoms with Crippen LogP contribution < -0.4 is 5.32 Å². The fourth-order valence-electron chi connectivity index (χ4n) is 2.05. The van der Waals surface area contributed by atoms with Crippen LogP contribution in [0.3, 0.4) is 0 Å². The van der Waals surface area contributed by atoms with Crippen molar-refractivity contribution in [3.8, 4) is 0 Å². The first-order chi connectivity index (χ1) is 7.99. The number of rotatable bonds is 4. The van der Waals surface area contributed by atoms with Crippen LogP contribution in [0.2, 0.25) is 0 Å². The molecule has 3 unspecified atom stereocenters. The Morgan fingerprint density at radius 1 is 1.65 bits per heavy atom. The third-order valence-corrected chi connectivity index (χ3v) is 6.75. The molecule has 98 valence electrons. The minimum Gasteiger partial charge on any atom is -0.374 e. The Morgan fingerprint density at radius 3 is 2.71 bits per heavy atom. The molecule has 0 bridgehead atoms. The van der Waals surface area contributed by atoms with Gasteiger partial charge in [0.1, 0.15) is 9.19 Å².